The molecule has 2 heterocycles. The molecule has 0 radical (unpaired) electrons. The number of halogens is 1. The zero-order valence-corrected chi connectivity index (χ0v) is 12.6. The topological polar surface area (TPSA) is 61.9 Å². The van der Waals surface area contributed by atoms with Gasteiger partial charge in [0.2, 0.25) is 0 Å². The van der Waals surface area contributed by atoms with Crippen LogP contribution in [0.4, 0.5) is 0 Å². The van der Waals surface area contributed by atoms with Gasteiger partial charge in [-0.15, -0.1) is 0 Å². The van der Waals surface area contributed by atoms with Crippen LogP contribution >= 0.6 is 11.6 Å². The van der Waals surface area contributed by atoms with Crippen LogP contribution in [0.5, 0.6) is 0 Å². The summed E-state index contributed by atoms with van der Waals surface area (Å²) in [6.45, 7) is 2.66. The first-order chi connectivity index (χ1) is 10.2. The van der Waals surface area contributed by atoms with Crippen molar-refractivity contribution in [2.24, 2.45) is 0 Å². The van der Waals surface area contributed by atoms with Crippen LogP contribution in [0.3, 0.4) is 0 Å². The fourth-order valence-corrected chi connectivity index (χ4v) is 2.91. The third kappa shape index (κ3) is 2.78. The molecule has 5 nitrogen and oxygen atoms in total. The molecule has 110 valence electrons. The number of hydrogen-bond acceptors (Lipinski definition) is 3. The lowest BCUT2D eigenvalue weighted by Gasteiger charge is -2.34. The second-order valence-corrected chi connectivity index (χ2v) is 5.75. The third-order valence-electron chi connectivity index (χ3n) is 3.93. The number of nitrogens with zero attached hydrogens (tertiary/aromatic N) is 3. The minimum absolute atomic E-state index is 0.00185. The van der Waals surface area contributed by atoms with Crippen molar-refractivity contribution in [1.82, 2.24) is 20.1 Å². The van der Waals surface area contributed by atoms with Crippen LogP contribution in [0.25, 0.3) is 0 Å². The Morgan fingerprint density at radius 2 is 2.29 bits per heavy atom. The van der Waals surface area contributed by atoms with Crippen molar-refractivity contribution in [3.05, 3.63) is 46.5 Å². The number of rotatable bonds is 2. The molecule has 3 rings (SSSR count). The Hall–Kier alpha value is -1.88. The van der Waals surface area contributed by atoms with Gasteiger partial charge in [0.1, 0.15) is 12.2 Å². The number of benzene rings is 1. The molecule has 1 atom stereocenters. The van der Waals surface area contributed by atoms with Crippen LogP contribution in [0.2, 0.25) is 5.02 Å². The highest BCUT2D eigenvalue weighted by molar-refractivity contribution is 6.31. The maximum atomic E-state index is 12.8. The summed E-state index contributed by atoms with van der Waals surface area (Å²) < 4.78 is 0. The average molecular weight is 305 g/mol. The van der Waals surface area contributed by atoms with Crippen molar-refractivity contribution in [3.63, 3.8) is 0 Å². The number of piperidine rings is 1. The second kappa shape index (κ2) is 5.85. The molecule has 0 bridgehead atoms. The Bertz CT molecular complexity index is 641. The van der Waals surface area contributed by atoms with Crippen LogP contribution in [0.15, 0.2) is 24.5 Å². The molecule has 1 aromatic heterocycles. The van der Waals surface area contributed by atoms with E-state index in [4.69, 9.17) is 11.6 Å². The first-order valence-electron chi connectivity index (χ1n) is 7.09. The third-order valence-corrected chi connectivity index (χ3v) is 4.34. The van der Waals surface area contributed by atoms with Gasteiger partial charge in [-0.3, -0.25) is 9.89 Å². The Morgan fingerprint density at radius 1 is 1.43 bits per heavy atom. The van der Waals surface area contributed by atoms with E-state index in [1.807, 2.05) is 24.0 Å². The minimum Gasteiger partial charge on any atom is -0.328 e. The van der Waals surface area contributed by atoms with E-state index in [9.17, 15) is 4.79 Å². The van der Waals surface area contributed by atoms with E-state index in [2.05, 4.69) is 15.2 Å². The molecule has 0 spiro atoms. The van der Waals surface area contributed by atoms with Gasteiger partial charge in [-0.25, -0.2) is 4.98 Å². The van der Waals surface area contributed by atoms with Crippen molar-refractivity contribution in [2.45, 2.75) is 32.2 Å². The SMILES string of the molecule is Cc1ccc(C(=O)N2CCCCC2c2ncn[nH]2)cc1Cl. The molecule has 1 aliphatic heterocycles. The van der Waals surface area contributed by atoms with Gasteiger partial charge in [0, 0.05) is 17.1 Å². The number of nitrogens with one attached hydrogen (secondary N) is 1. The molecule has 1 amide bonds. The van der Waals surface area contributed by atoms with Crippen molar-refractivity contribution < 1.29 is 4.79 Å². The first-order valence-corrected chi connectivity index (χ1v) is 7.47. The number of aromatic amines is 1. The molecule has 2 aromatic rings. The molecule has 1 unspecified atom stereocenters. The maximum absolute atomic E-state index is 12.8. The Balaban J connectivity index is 1.89. The molecule has 1 aromatic carbocycles. The van der Waals surface area contributed by atoms with Crippen LogP contribution in [0, 0.1) is 6.92 Å². The molecule has 0 aliphatic carbocycles. The van der Waals surface area contributed by atoms with Gasteiger partial charge in [-0.2, -0.15) is 5.10 Å². The van der Waals surface area contributed by atoms with E-state index in [1.54, 1.807) is 6.07 Å². The van der Waals surface area contributed by atoms with Gasteiger partial charge >= 0.3 is 0 Å². The maximum Gasteiger partial charge on any atom is 0.254 e. The van der Waals surface area contributed by atoms with E-state index in [-0.39, 0.29) is 11.9 Å². The highest BCUT2D eigenvalue weighted by atomic mass is 35.5. The smallest absolute Gasteiger partial charge is 0.254 e. The zero-order chi connectivity index (χ0) is 14.8. The van der Waals surface area contributed by atoms with Crippen LogP contribution < -0.4 is 0 Å². The Morgan fingerprint density at radius 3 is 3.00 bits per heavy atom. The van der Waals surface area contributed by atoms with Crippen molar-refractivity contribution in [3.8, 4) is 0 Å². The lowest BCUT2D eigenvalue weighted by Crippen LogP contribution is -2.39. The van der Waals surface area contributed by atoms with E-state index < -0.39 is 0 Å². The van der Waals surface area contributed by atoms with Crippen LogP contribution in [-0.4, -0.2) is 32.5 Å². The second-order valence-electron chi connectivity index (χ2n) is 5.34. The van der Waals surface area contributed by atoms with E-state index >= 15 is 0 Å². The number of hydrogen-bond donors (Lipinski definition) is 1. The lowest BCUT2D eigenvalue weighted by atomic mass is 10.00. The number of carbonyl (C=O) groups is 1. The summed E-state index contributed by atoms with van der Waals surface area (Å²) in [5.74, 6) is 0.749. The summed E-state index contributed by atoms with van der Waals surface area (Å²) in [4.78, 5) is 18.9. The fourth-order valence-electron chi connectivity index (χ4n) is 2.73. The monoisotopic (exact) mass is 304 g/mol. The summed E-state index contributed by atoms with van der Waals surface area (Å²) >= 11 is 6.13. The summed E-state index contributed by atoms with van der Waals surface area (Å²) in [6.07, 6.45) is 4.48. The number of carbonyl (C=O) groups excluding carboxylic acids is 1. The Kier molecular flexibility index (Phi) is 3.92. The molecular formula is C15H17ClN4O. The predicted molar refractivity (Wildman–Crippen MR) is 80.2 cm³/mol. The van der Waals surface area contributed by atoms with Gasteiger partial charge in [-0.05, 0) is 43.9 Å². The van der Waals surface area contributed by atoms with Crippen molar-refractivity contribution in [1.29, 1.82) is 0 Å². The first kappa shape index (κ1) is 14.1. The van der Waals surface area contributed by atoms with Crippen molar-refractivity contribution >= 4 is 17.5 Å². The summed E-state index contributed by atoms with van der Waals surface area (Å²) in [5.41, 5.74) is 1.59. The number of aryl methyl sites for hydroxylation is 1. The number of H-pyrrole nitrogens is 1. The molecular weight excluding hydrogens is 288 g/mol. The number of amides is 1. The average Bonchev–Trinajstić information content (AvgIpc) is 3.03. The van der Waals surface area contributed by atoms with E-state index in [1.165, 1.54) is 6.33 Å². The standard InChI is InChI=1S/C15H17ClN4O/c1-10-5-6-11(8-12(10)16)15(21)20-7-3-2-4-13(20)14-17-9-18-19-14/h5-6,8-9,13H,2-4,7H2,1H3,(H,17,18,19). The highest BCUT2D eigenvalue weighted by Gasteiger charge is 2.30. The molecule has 0 saturated carbocycles. The van der Waals surface area contributed by atoms with Crippen LogP contribution in [0.1, 0.15) is 47.1 Å². The summed E-state index contributed by atoms with van der Waals surface area (Å²) in [6, 6.07) is 5.41. The quantitative estimate of drug-likeness (QED) is 0.927. The minimum atomic E-state index is -0.0335. The molecule has 1 N–H and O–H groups in total. The molecule has 1 fully saturated rings. The normalized spacial score (nSPS) is 18.8. The van der Waals surface area contributed by atoms with E-state index in [0.29, 0.717) is 10.6 Å². The van der Waals surface area contributed by atoms with Gasteiger partial charge < -0.3 is 4.90 Å². The van der Waals surface area contributed by atoms with Gasteiger partial charge in [-0.1, -0.05) is 17.7 Å². The van der Waals surface area contributed by atoms with Crippen molar-refractivity contribution in [2.75, 3.05) is 6.54 Å². The molecule has 21 heavy (non-hydrogen) atoms. The number of likely N-dealkylation sites (tertiary alicyclic amines) is 1. The lowest BCUT2D eigenvalue weighted by molar-refractivity contribution is 0.0600. The fraction of sp³-hybridized carbons (Fsp3) is 0.400. The van der Waals surface area contributed by atoms with E-state index in [0.717, 1.165) is 37.2 Å². The molecule has 6 heteroatoms. The van der Waals surface area contributed by atoms with Gasteiger partial charge in [0.15, 0.2) is 0 Å². The molecule has 1 saturated heterocycles. The zero-order valence-electron chi connectivity index (χ0n) is 11.8. The summed E-state index contributed by atoms with van der Waals surface area (Å²) in [5, 5.41) is 7.40. The highest BCUT2D eigenvalue weighted by Crippen LogP contribution is 2.30. The van der Waals surface area contributed by atoms with Crippen LogP contribution in [-0.2, 0) is 0 Å². The Labute approximate surface area is 128 Å². The molecule has 1 aliphatic rings. The van der Waals surface area contributed by atoms with Gasteiger partial charge in [0.05, 0.1) is 6.04 Å². The largest absolute Gasteiger partial charge is 0.328 e. The number of aromatic nitrogens is 3. The summed E-state index contributed by atoms with van der Waals surface area (Å²) in [7, 11) is 0. The predicted octanol–water partition coefficient (Wildman–Crippen LogP) is 3.13. The van der Waals surface area contributed by atoms with Gasteiger partial charge in [0.25, 0.3) is 5.91 Å².